The molecule has 0 amide bonds. The van der Waals surface area contributed by atoms with E-state index in [4.69, 9.17) is 0 Å². The van der Waals surface area contributed by atoms with Crippen LogP contribution in [0.15, 0.2) is 23.0 Å². The van der Waals surface area contributed by atoms with Crippen LogP contribution in [0.1, 0.15) is 69.1 Å². The highest BCUT2D eigenvalue weighted by atomic mass is 16.1. The highest BCUT2D eigenvalue weighted by Gasteiger charge is 2.35. The number of nitrogens with one attached hydrogen (secondary N) is 1. The van der Waals surface area contributed by atoms with Gasteiger partial charge in [-0.15, -0.1) is 5.10 Å². The normalized spacial score (nSPS) is 19.3. The molecule has 30 heavy (non-hydrogen) atoms. The van der Waals surface area contributed by atoms with E-state index >= 15 is 0 Å². The van der Waals surface area contributed by atoms with Gasteiger partial charge in [0.2, 0.25) is 0 Å². The van der Waals surface area contributed by atoms with Crippen molar-refractivity contribution in [2.24, 2.45) is 5.92 Å². The molecule has 0 bridgehead atoms. The molecule has 1 aliphatic heterocycles. The van der Waals surface area contributed by atoms with Crippen LogP contribution in [0.2, 0.25) is 0 Å². The van der Waals surface area contributed by atoms with E-state index in [1.54, 1.807) is 0 Å². The zero-order chi connectivity index (χ0) is 21.6. The van der Waals surface area contributed by atoms with Gasteiger partial charge in [-0.1, -0.05) is 6.92 Å². The Bertz CT molecular complexity index is 1120. The second-order valence-electron chi connectivity index (χ2n) is 9.84. The number of H-pyrrole nitrogens is 1. The number of benzene rings is 1. The summed E-state index contributed by atoms with van der Waals surface area (Å²) in [6.45, 7) is 14.5. The van der Waals surface area contributed by atoms with Gasteiger partial charge in [-0.3, -0.25) is 9.69 Å². The maximum atomic E-state index is 13.3. The first-order valence-corrected chi connectivity index (χ1v) is 10.8. The van der Waals surface area contributed by atoms with Crippen molar-refractivity contribution in [3.63, 3.8) is 0 Å². The smallest absolute Gasteiger partial charge is 0.253 e. The third-order valence-corrected chi connectivity index (χ3v) is 6.21. The molecule has 2 atom stereocenters. The van der Waals surface area contributed by atoms with Crippen molar-refractivity contribution in [2.45, 2.75) is 66.0 Å². The molecule has 160 valence electrons. The van der Waals surface area contributed by atoms with E-state index < -0.39 is 0 Å². The Morgan fingerprint density at radius 3 is 2.60 bits per heavy atom. The van der Waals surface area contributed by atoms with Gasteiger partial charge in [0.25, 0.3) is 5.56 Å². The van der Waals surface area contributed by atoms with Gasteiger partial charge in [0.1, 0.15) is 6.04 Å². The van der Waals surface area contributed by atoms with E-state index in [9.17, 15) is 4.79 Å². The minimum absolute atomic E-state index is 0.0718. The summed E-state index contributed by atoms with van der Waals surface area (Å²) in [7, 11) is 0. The Balaban J connectivity index is 1.92. The van der Waals surface area contributed by atoms with Gasteiger partial charge < -0.3 is 4.98 Å². The van der Waals surface area contributed by atoms with Crippen LogP contribution in [0, 0.1) is 19.8 Å². The lowest BCUT2D eigenvalue weighted by Crippen LogP contribution is -2.42. The molecule has 0 spiro atoms. The molecule has 3 heterocycles. The van der Waals surface area contributed by atoms with Crippen molar-refractivity contribution in [1.29, 1.82) is 0 Å². The largest absolute Gasteiger partial charge is 0.322 e. The van der Waals surface area contributed by atoms with E-state index in [1.807, 2.05) is 16.8 Å². The van der Waals surface area contributed by atoms with E-state index in [0.717, 1.165) is 36.2 Å². The molecule has 1 N–H and O–H groups in total. The van der Waals surface area contributed by atoms with E-state index in [2.05, 4.69) is 73.0 Å². The summed E-state index contributed by atoms with van der Waals surface area (Å²) >= 11 is 0. The SMILES string of the molecule is Cc1cc2cc([C@@H](c3nnnn3C(C)(C)C)N3CCC[C@H](C)C3)c(=O)[nH]c2cc1C. The number of pyridine rings is 1. The Labute approximate surface area is 177 Å². The van der Waals surface area contributed by atoms with Crippen LogP contribution in [-0.2, 0) is 5.54 Å². The van der Waals surface area contributed by atoms with Crippen LogP contribution in [0.25, 0.3) is 10.9 Å². The molecule has 4 rings (SSSR count). The van der Waals surface area contributed by atoms with Crippen molar-refractivity contribution in [3.05, 3.63) is 51.1 Å². The lowest BCUT2D eigenvalue weighted by Gasteiger charge is -2.37. The van der Waals surface area contributed by atoms with Gasteiger partial charge >= 0.3 is 0 Å². The number of tetrazole rings is 1. The molecular weight excluding hydrogens is 376 g/mol. The quantitative estimate of drug-likeness (QED) is 0.715. The predicted molar refractivity (Wildman–Crippen MR) is 119 cm³/mol. The van der Waals surface area contributed by atoms with Crippen LogP contribution in [0.4, 0.5) is 0 Å². The van der Waals surface area contributed by atoms with Crippen molar-refractivity contribution in [2.75, 3.05) is 13.1 Å². The molecule has 7 nitrogen and oxygen atoms in total. The van der Waals surface area contributed by atoms with E-state index in [-0.39, 0.29) is 17.1 Å². The Morgan fingerprint density at radius 2 is 1.90 bits per heavy atom. The monoisotopic (exact) mass is 408 g/mol. The third kappa shape index (κ3) is 3.78. The number of fused-ring (bicyclic) bond motifs is 1. The summed E-state index contributed by atoms with van der Waals surface area (Å²) in [5.74, 6) is 1.30. The summed E-state index contributed by atoms with van der Waals surface area (Å²) in [5, 5.41) is 13.7. The second-order valence-corrected chi connectivity index (χ2v) is 9.84. The van der Waals surface area contributed by atoms with Gasteiger partial charge in [-0.05, 0) is 105 Å². The summed E-state index contributed by atoms with van der Waals surface area (Å²) in [6.07, 6.45) is 2.32. The molecule has 1 aliphatic rings. The number of hydrogen-bond donors (Lipinski definition) is 1. The van der Waals surface area contributed by atoms with Gasteiger partial charge in [0.15, 0.2) is 5.82 Å². The predicted octanol–water partition coefficient (Wildman–Crippen LogP) is 3.71. The van der Waals surface area contributed by atoms with Crippen LogP contribution >= 0.6 is 0 Å². The first-order chi connectivity index (χ1) is 14.1. The van der Waals surface area contributed by atoms with Crippen molar-refractivity contribution < 1.29 is 0 Å². The minimum Gasteiger partial charge on any atom is -0.322 e. The first-order valence-electron chi connectivity index (χ1n) is 10.8. The average molecular weight is 409 g/mol. The molecule has 1 fully saturated rings. The maximum absolute atomic E-state index is 13.3. The summed E-state index contributed by atoms with van der Waals surface area (Å²) in [4.78, 5) is 18.8. The number of hydrogen-bond acceptors (Lipinski definition) is 5. The molecular formula is C23H32N6O. The molecule has 0 aliphatic carbocycles. The first kappa shape index (κ1) is 20.7. The molecule has 0 radical (unpaired) electrons. The number of piperidine rings is 1. The van der Waals surface area contributed by atoms with Crippen molar-refractivity contribution in [1.82, 2.24) is 30.1 Å². The second kappa shape index (κ2) is 7.61. The number of rotatable bonds is 3. The number of likely N-dealkylation sites (tertiary alicyclic amines) is 1. The lowest BCUT2D eigenvalue weighted by molar-refractivity contribution is 0.137. The highest BCUT2D eigenvalue weighted by molar-refractivity contribution is 5.81. The van der Waals surface area contributed by atoms with Crippen molar-refractivity contribution in [3.8, 4) is 0 Å². The fourth-order valence-corrected chi connectivity index (χ4v) is 4.50. The Kier molecular flexibility index (Phi) is 5.26. The summed E-state index contributed by atoms with van der Waals surface area (Å²) in [5.41, 5.74) is 3.60. The Morgan fingerprint density at radius 1 is 1.17 bits per heavy atom. The lowest BCUT2D eigenvalue weighted by atomic mass is 9.95. The Hall–Kier alpha value is -2.54. The van der Waals surface area contributed by atoms with Gasteiger partial charge in [0, 0.05) is 17.6 Å². The topological polar surface area (TPSA) is 79.7 Å². The molecule has 7 heteroatoms. The van der Waals surface area contributed by atoms with Gasteiger partial charge in [-0.25, -0.2) is 4.68 Å². The summed E-state index contributed by atoms with van der Waals surface area (Å²) < 4.78 is 1.86. The zero-order valence-electron chi connectivity index (χ0n) is 18.9. The fourth-order valence-electron chi connectivity index (χ4n) is 4.50. The van der Waals surface area contributed by atoms with E-state index in [0.29, 0.717) is 11.5 Å². The molecule has 1 saturated heterocycles. The van der Waals surface area contributed by atoms with Crippen LogP contribution in [-0.4, -0.2) is 43.2 Å². The molecule has 0 saturated carbocycles. The number of aromatic amines is 1. The van der Waals surface area contributed by atoms with Gasteiger partial charge in [0.05, 0.1) is 5.54 Å². The molecule has 1 aromatic carbocycles. The number of nitrogens with zero attached hydrogens (tertiary/aromatic N) is 5. The van der Waals surface area contributed by atoms with Crippen LogP contribution in [0.3, 0.4) is 0 Å². The number of aromatic nitrogens is 5. The zero-order valence-corrected chi connectivity index (χ0v) is 18.9. The van der Waals surface area contributed by atoms with Crippen molar-refractivity contribution >= 4 is 10.9 Å². The average Bonchev–Trinajstić information content (AvgIpc) is 3.14. The fraction of sp³-hybridized carbons (Fsp3) is 0.565. The van der Waals surface area contributed by atoms with E-state index in [1.165, 1.54) is 17.5 Å². The van der Waals surface area contributed by atoms with Crippen LogP contribution in [0.5, 0.6) is 0 Å². The molecule has 0 unspecified atom stereocenters. The highest BCUT2D eigenvalue weighted by Crippen LogP contribution is 2.32. The standard InChI is InChI=1S/C23H32N6O/c1-14-8-7-9-28(13-14)20(21-25-26-27-29(21)23(4,5)6)18-12-17-10-15(2)16(3)11-19(17)24-22(18)30/h10-12,14,20H,7-9,13H2,1-6H3,(H,24,30)/t14-,20-/m0/s1. The summed E-state index contributed by atoms with van der Waals surface area (Å²) in [6, 6.07) is 5.95. The van der Waals surface area contributed by atoms with Gasteiger partial charge in [-0.2, -0.15) is 0 Å². The number of aryl methyl sites for hydroxylation is 2. The third-order valence-electron chi connectivity index (χ3n) is 6.21. The molecule has 3 aromatic rings. The minimum atomic E-state index is -0.282. The molecule has 2 aromatic heterocycles. The van der Waals surface area contributed by atoms with Crippen LogP contribution < -0.4 is 5.56 Å². The maximum Gasteiger partial charge on any atom is 0.253 e.